The minimum absolute atomic E-state index is 0.0312. The summed E-state index contributed by atoms with van der Waals surface area (Å²) >= 11 is 5.72. The number of rotatable bonds is 5. The molecule has 0 unspecified atom stereocenters. The molecule has 0 bridgehead atoms. The van der Waals surface area contributed by atoms with Crippen LogP contribution in [-0.4, -0.2) is 10.9 Å². The summed E-state index contributed by atoms with van der Waals surface area (Å²) in [6, 6.07) is 14.6. The molecule has 2 aromatic carbocycles. The van der Waals surface area contributed by atoms with Crippen molar-refractivity contribution in [1.82, 2.24) is 10.3 Å². The number of nitrogens with one attached hydrogen (secondary N) is 1. The van der Waals surface area contributed by atoms with E-state index in [1.165, 1.54) is 12.1 Å². The maximum atomic E-state index is 13.1. The van der Waals surface area contributed by atoms with Gasteiger partial charge in [-0.05, 0) is 54.1 Å². The molecule has 1 amide bonds. The molecule has 0 saturated carbocycles. The number of benzene rings is 2. The van der Waals surface area contributed by atoms with Crippen LogP contribution in [0, 0.1) is 5.82 Å². The van der Waals surface area contributed by atoms with Gasteiger partial charge < -0.3 is 10.1 Å². The van der Waals surface area contributed by atoms with Gasteiger partial charge in [-0.25, -0.2) is 4.39 Å². The topological polar surface area (TPSA) is 51.2 Å². The SMILES string of the molecule is O=C(NCc1ccc(F)c(Cl)c1)c1ccc(Oc2cccnc2)cc1. The molecule has 25 heavy (non-hydrogen) atoms. The predicted molar refractivity (Wildman–Crippen MR) is 93.3 cm³/mol. The van der Waals surface area contributed by atoms with Gasteiger partial charge in [0.05, 0.1) is 11.2 Å². The summed E-state index contributed by atoms with van der Waals surface area (Å²) in [5.74, 6) is 0.497. The number of amides is 1. The highest BCUT2D eigenvalue weighted by Gasteiger charge is 2.07. The number of nitrogens with zero attached hydrogens (tertiary/aromatic N) is 1. The van der Waals surface area contributed by atoms with Crippen LogP contribution in [0.4, 0.5) is 4.39 Å². The van der Waals surface area contributed by atoms with Gasteiger partial charge in [0.15, 0.2) is 0 Å². The van der Waals surface area contributed by atoms with Crippen molar-refractivity contribution >= 4 is 17.5 Å². The van der Waals surface area contributed by atoms with Gasteiger partial charge in [-0.3, -0.25) is 9.78 Å². The zero-order chi connectivity index (χ0) is 17.6. The Hall–Kier alpha value is -2.92. The van der Waals surface area contributed by atoms with E-state index in [2.05, 4.69) is 10.3 Å². The van der Waals surface area contributed by atoms with Crippen LogP contribution in [0.1, 0.15) is 15.9 Å². The van der Waals surface area contributed by atoms with Crippen molar-refractivity contribution in [3.63, 3.8) is 0 Å². The Morgan fingerprint density at radius 3 is 2.60 bits per heavy atom. The van der Waals surface area contributed by atoms with E-state index in [4.69, 9.17) is 16.3 Å². The van der Waals surface area contributed by atoms with E-state index >= 15 is 0 Å². The molecule has 3 rings (SSSR count). The standard InChI is InChI=1S/C19H14ClFN2O2/c20-17-10-13(3-8-18(17)21)11-23-19(24)14-4-6-15(7-5-14)25-16-2-1-9-22-12-16/h1-10,12H,11H2,(H,23,24). The Kier molecular flexibility index (Phi) is 5.26. The molecule has 0 radical (unpaired) electrons. The molecule has 1 N–H and O–H groups in total. The van der Waals surface area contributed by atoms with E-state index in [0.29, 0.717) is 17.1 Å². The fourth-order valence-corrected chi connectivity index (χ4v) is 2.36. The first kappa shape index (κ1) is 16.9. The third kappa shape index (κ3) is 4.55. The molecule has 0 saturated heterocycles. The third-order valence-electron chi connectivity index (χ3n) is 3.42. The summed E-state index contributed by atoms with van der Waals surface area (Å²) < 4.78 is 18.7. The van der Waals surface area contributed by atoms with Crippen LogP contribution >= 0.6 is 11.6 Å². The van der Waals surface area contributed by atoms with Crippen LogP contribution in [0.15, 0.2) is 67.0 Å². The lowest BCUT2D eigenvalue weighted by Crippen LogP contribution is -2.22. The summed E-state index contributed by atoms with van der Waals surface area (Å²) in [5.41, 5.74) is 1.21. The average molecular weight is 357 g/mol. The van der Waals surface area contributed by atoms with Crippen LogP contribution in [0.3, 0.4) is 0 Å². The predicted octanol–water partition coefficient (Wildman–Crippen LogP) is 4.60. The number of carbonyl (C=O) groups is 1. The zero-order valence-electron chi connectivity index (χ0n) is 13.1. The normalized spacial score (nSPS) is 10.3. The Morgan fingerprint density at radius 1 is 1.12 bits per heavy atom. The molecule has 0 atom stereocenters. The number of aromatic nitrogens is 1. The molecule has 0 spiro atoms. The first-order valence-electron chi connectivity index (χ1n) is 7.52. The Labute approximate surface area is 149 Å². The van der Waals surface area contributed by atoms with Crippen molar-refractivity contribution in [2.24, 2.45) is 0 Å². The minimum Gasteiger partial charge on any atom is -0.456 e. The molecule has 1 aromatic heterocycles. The van der Waals surface area contributed by atoms with E-state index in [0.717, 1.165) is 5.56 Å². The monoisotopic (exact) mass is 356 g/mol. The summed E-state index contributed by atoms with van der Waals surface area (Å²) in [6.45, 7) is 0.257. The van der Waals surface area contributed by atoms with Gasteiger partial charge in [0.25, 0.3) is 5.91 Å². The van der Waals surface area contributed by atoms with Gasteiger partial charge in [0.1, 0.15) is 17.3 Å². The summed E-state index contributed by atoms with van der Waals surface area (Å²) in [7, 11) is 0. The highest BCUT2D eigenvalue weighted by Crippen LogP contribution is 2.20. The molecule has 4 nitrogen and oxygen atoms in total. The zero-order valence-corrected chi connectivity index (χ0v) is 13.8. The van der Waals surface area contributed by atoms with Crippen LogP contribution in [-0.2, 0) is 6.54 Å². The van der Waals surface area contributed by atoms with Crippen LogP contribution in [0.25, 0.3) is 0 Å². The maximum absolute atomic E-state index is 13.1. The van der Waals surface area contributed by atoms with E-state index in [9.17, 15) is 9.18 Å². The van der Waals surface area contributed by atoms with Crippen molar-refractivity contribution in [3.05, 3.63) is 89.0 Å². The van der Waals surface area contributed by atoms with Gasteiger partial charge in [0.2, 0.25) is 0 Å². The quantitative estimate of drug-likeness (QED) is 0.727. The molecule has 3 aromatic rings. The molecule has 0 aliphatic rings. The Balaban J connectivity index is 1.59. The Bertz CT molecular complexity index is 870. The molecule has 1 heterocycles. The molecular formula is C19H14ClFN2O2. The number of carbonyl (C=O) groups excluding carboxylic acids is 1. The largest absolute Gasteiger partial charge is 0.456 e. The lowest BCUT2D eigenvalue weighted by Gasteiger charge is -2.08. The first-order chi connectivity index (χ1) is 12.1. The van der Waals surface area contributed by atoms with Gasteiger partial charge >= 0.3 is 0 Å². The van der Waals surface area contributed by atoms with Crippen LogP contribution < -0.4 is 10.1 Å². The molecular weight excluding hydrogens is 343 g/mol. The van der Waals surface area contributed by atoms with Gasteiger partial charge in [-0.15, -0.1) is 0 Å². The first-order valence-corrected chi connectivity index (χ1v) is 7.90. The van der Waals surface area contributed by atoms with Crippen molar-refractivity contribution in [1.29, 1.82) is 0 Å². The lowest BCUT2D eigenvalue weighted by molar-refractivity contribution is 0.0951. The van der Waals surface area contributed by atoms with Gasteiger partial charge in [-0.2, -0.15) is 0 Å². The second kappa shape index (κ2) is 7.77. The second-order valence-electron chi connectivity index (χ2n) is 5.25. The molecule has 6 heteroatoms. The second-order valence-corrected chi connectivity index (χ2v) is 5.65. The maximum Gasteiger partial charge on any atom is 0.251 e. The molecule has 0 aliphatic carbocycles. The van der Waals surface area contributed by atoms with Gasteiger partial charge in [-0.1, -0.05) is 17.7 Å². The number of ether oxygens (including phenoxy) is 1. The molecule has 0 fully saturated rings. The highest BCUT2D eigenvalue weighted by atomic mass is 35.5. The number of hydrogen-bond acceptors (Lipinski definition) is 3. The van der Waals surface area contributed by atoms with Crippen LogP contribution in [0.2, 0.25) is 5.02 Å². The average Bonchev–Trinajstić information content (AvgIpc) is 2.64. The van der Waals surface area contributed by atoms with Crippen molar-refractivity contribution in [2.45, 2.75) is 6.54 Å². The third-order valence-corrected chi connectivity index (χ3v) is 3.71. The van der Waals surface area contributed by atoms with E-state index in [-0.39, 0.29) is 17.5 Å². The smallest absolute Gasteiger partial charge is 0.251 e. The molecule has 126 valence electrons. The lowest BCUT2D eigenvalue weighted by atomic mass is 10.2. The Morgan fingerprint density at radius 2 is 1.92 bits per heavy atom. The minimum atomic E-state index is -0.485. The summed E-state index contributed by atoms with van der Waals surface area (Å²) in [6.07, 6.45) is 3.27. The highest BCUT2D eigenvalue weighted by molar-refractivity contribution is 6.30. The summed E-state index contributed by atoms with van der Waals surface area (Å²) in [4.78, 5) is 16.1. The number of halogens is 2. The van der Waals surface area contributed by atoms with Crippen molar-refractivity contribution in [2.75, 3.05) is 0 Å². The van der Waals surface area contributed by atoms with Crippen molar-refractivity contribution in [3.8, 4) is 11.5 Å². The van der Waals surface area contributed by atoms with Crippen LogP contribution in [0.5, 0.6) is 11.5 Å². The summed E-state index contributed by atoms with van der Waals surface area (Å²) in [5, 5.41) is 2.79. The fourth-order valence-electron chi connectivity index (χ4n) is 2.15. The molecule has 0 aliphatic heterocycles. The van der Waals surface area contributed by atoms with Crippen molar-refractivity contribution < 1.29 is 13.9 Å². The number of hydrogen-bond donors (Lipinski definition) is 1. The fraction of sp³-hybridized carbons (Fsp3) is 0.0526. The van der Waals surface area contributed by atoms with E-state index in [1.54, 1.807) is 54.9 Å². The number of pyridine rings is 1. The van der Waals surface area contributed by atoms with E-state index < -0.39 is 5.82 Å². The van der Waals surface area contributed by atoms with E-state index in [1.807, 2.05) is 0 Å². The van der Waals surface area contributed by atoms with Gasteiger partial charge in [0, 0.05) is 18.3 Å².